The molecule has 0 aliphatic heterocycles. The van der Waals surface area contributed by atoms with Crippen LogP contribution in [0.4, 0.5) is 0 Å². The summed E-state index contributed by atoms with van der Waals surface area (Å²) in [6.45, 7) is 8.93. The second-order valence-electron chi connectivity index (χ2n) is 3.40. The monoisotopic (exact) mass is 144 g/mol. The maximum atomic E-state index is 9.39. The fourth-order valence-electron chi connectivity index (χ4n) is 0.753. The molecule has 1 atom stereocenters. The van der Waals surface area contributed by atoms with E-state index in [2.05, 4.69) is 6.58 Å². The predicted octanol–water partition coefficient (Wildman–Crippen LogP) is 0.942. The lowest BCUT2D eigenvalue weighted by Gasteiger charge is -2.28. The van der Waals surface area contributed by atoms with Gasteiger partial charge in [-0.2, -0.15) is 0 Å². The van der Waals surface area contributed by atoms with Crippen molar-refractivity contribution >= 4 is 0 Å². The number of hydrogen-bond acceptors (Lipinski definition) is 2. The molecule has 2 nitrogen and oxygen atoms in total. The van der Waals surface area contributed by atoms with Gasteiger partial charge in [0.2, 0.25) is 0 Å². The van der Waals surface area contributed by atoms with Gasteiger partial charge in [-0.3, -0.25) is 0 Å². The van der Waals surface area contributed by atoms with Crippen molar-refractivity contribution in [2.45, 2.75) is 26.9 Å². The molecular formula is C8H16O2. The first-order valence-corrected chi connectivity index (χ1v) is 3.36. The van der Waals surface area contributed by atoms with Crippen LogP contribution in [0.25, 0.3) is 0 Å². The van der Waals surface area contributed by atoms with Crippen LogP contribution in [0.1, 0.15) is 20.8 Å². The molecule has 2 N–H and O–H groups in total. The first kappa shape index (κ1) is 9.66. The largest absolute Gasteiger partial charge is 0.396 e. The maximum absolute atomic E-state index is 9.39. The predicted molar refractivity (Wildman–Crippen MR) is 41.7 cm³/mol. The summed E-state index contributed by atoms with van der Waals surface area (Å²) in [6, 6.07) is 0. The zero-order valence-electron chi connectivity index (χ0n) is 6.89. The Morgan fingerprint density at radius 3 is 2.10 bits per heavy atom. The van der Waals surface area contributed by atoms with Gasteiger partial charge < -0.3 is 10.2 Å². The average molecular weight is 144 g/mol. The number of rotatable bonds is 3. The molecule has 2 heteroatoms. The zero-order valence-corrected chi connectivity index (χ0v) is 6.89. The molecule has 0 aliphatic rings. The minimum absolute atomic E-state index is 0.0268. The van der Waals surface area contributed by atoms with Gasteiger partial charge in [0.1, 0.15) is 0 Å². The summed E-state index contributed by atoms with van der Waals surface area (Å²) in [5, 5.41) is 18.2. The van der Waals surface area contributed by atoms with Crippen molar-refractivity contribution in [2.75, 3.05) is 6.61 Å². The van der Waals surface area contributed by atoms with E-state index in [9.17, 15) is 5.11 Å². The molecule has 0 bridgehead atoms. The van der Waals surface area contributed by atoms with Crippen LogP contribution in [0.5, 0.6) is 0 Å². The van der Waals surface area contributed by atoms with E-state index in [4.69, 9.17) is 5.11 Å². The van der Waals surface area contributed by atoms with E-state index in [1.165, 1.54) is 0 Å². The Bertz CT molecular complexity index is 127. The topological polar surface area (TPSA) is 40.5 Å². The van der Waals surface area contributed by atoms with Crippen molar-refractivity contribution in [3.8, 4) is 0 Å². The van der Waals surface area contributed by atoms with E-state index >= 15 is 0 Å². The van der Waals surface area contributed by atoms with E-state index in [1.807, 2.05) is 0 Å². The Labute approximate surface area is 62.2 Å². The van der Waals surface area contributed by atoms with Gasteiger partial charge in [0, 0.05) is 5.41 Å². The molecule has 0 rings (SSSR count). The van der Waals surface area contributed by atoms with Crippen LogP contribution in [-0.2, 0) is 0 Å². The molecule has 1 unspecified atom stereocenters. The van der Waals surface area contributed by atoms with Crippen molar-refractivity contribution in [2.24, 2.45) is 5.41 Å². The van der Waals surface area contributed by atoms with Crippen molar-refractivity contribution in [3.05, 3.63) is 12.2 Å². The molecule has 0 saturated carbocycles. The van der Waals surface area contributed by atoms with Gasteiger partial charge in [-0.15, -0.1) is 0 Å². The van der Waals surface area contributed by atoms with Crippen molar-refractivity contribution < 1.29 is 10.2 Å². The fourth-order valence-corrected chi connectivity index (χ4v) is 0.753. The highest BCUT2D eigenvalue weighted by Crippen LogP contribution is 2.23. The molecule has 0 aromatic rings. The summed E-state index contributed by atoms with van der Waals surface area (Å²) < 4.78 is 0. The molecule has 0 radical (unpaired) electrons. The molecule has 0 saturated heterocycles. The van der Waals surface area contributed by atoms with Crippen LogP contribution < -0.4 is 0 Å². The molecule has 0 aromatic carbocycles. The zero-order chi connectivity index (χ0) is 8.36. The highest BCUT2D eigenvalue weighted by atomic mass is 16.3. The molecule has 0 aliphatic carbocycles. The number of aliphatic hydroxyl groups excluding tert-OH is 2. The van der Waals surface area contributed by atoms with Crippen LogP contribution in [0, 0.1) is 5.41 Å². The highest BCUT2D eigenvalue weighted by molar-refractivity contribution is 5.02. The van der Waals surface area contributed by atoms with Gasteiger partial charge in [0.05, 0.1) is 12.7 Å². The third-order valence-corrected chi connectivity index (χ3v) is 1.61. The molecule has 60 valence electrons. The van der Waals surface area contributed by atoms with E-state index in [-0.39, 0.29) is 6.61 Å². The van der Waals surface area contributed by atoms with E-state index < -0.39 is 11.5 Å². The normalized spacial score (nSPS) is 14.9. The summed E-state index contributed by atoms with van der Waals surface area (Å²) in [4.78, 5) is 0. The maximum Gasteiger partial charge on any atom is 0.0817 e. The van der Waals surface area contributed by atoms with Crippen LogP contribution in [0.3, 0.4) is 0 Å². The van der Waals surface area contributed by atoms with Gasteiger partial charge in [0.15, 0.2) is 0 Å². The Morgan fingerprint density at radius 2 is 2.00 bits per heavy atom. The third-order valence-electron chi connectivity index (χ3n) is 1.61. The first-order chi connectivity index (χ1) is 4.41. The Kier molecular flexibility index (Phi) is 3.06. The Balaban J connectivity index is 4.17. The molecule has 0 heterocycles. The summed E-state index contributed by atoms with van der Waals surface area (Å²) in [6.07, 6.45) is -0.613. The van der Waals surface area contributed by atoms with Crippen molar-refractivity contribution in [1.29, 1.82) is 0 Å². The van der Waals surface area contributed by atoms with E-state index in [0.717, 1.165) is 0 Å². The highest BCUT2D eigenvalue weighted by Gasteiger charge is 2.26. The van der Waals surface area contributed by atoms with E-state index in [1.54, 1.807) is 20.8 Å². The van der Waals surface area contributed by atoms with Gasteiger partial charge in [-0.25, -0.2) is 0 Å². The number of aliphatic hydroxyl groups is 2. The number of hydrogen-bond donors (Lipinski definition) is 2. The molecule has 0 amide bonds. The quantitative estimate of drug-likeness (QED) is 0.579. The summed E-state index contributed by atoms with van der Waals surface area (Å²) in [7, 11) is 0. The van der Waals surface area contributed by atoms with Crippen molar-refractivity contribution in [3.63, 3.8) is 0 Å². The second-order valence-corrected chi connectivity index (χ2v) is 3.40. The minimum atomic E-state index is -0.613. The lowest BCUT2D eigenvalue weighted by molar-refractivity contribution is 0.0314. The second kappa shape index (κ2) is 3.17. The van der Waals surface area contributed by atoms with Crippen LogP contribution in [0.15, 0.2) is 12.2 Å². The van der Waals surface area contributed by atoms with Gasteiger partial charge in [-0.05, 0) is 6.92 Å². The summed E-state index contributed by atoms with van der Waals surface area (Å²) in [5.74, 6) is 0. The minimum Gasteiger partial charge on any atom is -0.396 e. The lowest BCUT2D eigenvalue weighted by Crippen LogP contribution is -2.33. The Hall–Kier alpha value is -0.340. The SMILES string of the molecule is C=C(C)C(O)C(C)(C)CO. The van der Waals surface area contributed by atoms with Gasteiger partial charge in [0.25, 0.3) is 0 Å². The lowest BCUT2D eigenvalue weighted by atomic mass is 9.84. The molecule has 0 fully saturated rings. The van der Waals surface area contributed by atoms with Crippen LogP contribution in [-0.4, -0.2) is 22.9 Å². The standard InChI is InChI=1S/C8H16O2/c1-6(2)7(10)8(3,4)5-9/h7,9-10H,1,5H2,2-4H3. The van der Waals surface area contributed by atoms with Crippen molar-refractivity contribution in [1.82, 2.24) is 0 Å². The van der Waals surface area contributed by atoms with Gasteiger partial charge in [-0.1, -0.05) is 26.0 Å². The van der Waals surface area contributed by atoms with Crippen LogP contribution >= 0.6 is 0 Å². The fraction of sp³-hybridized carbons (Fsp3) is 0.750. The molecule has 0 spiro atoms. The smallest absolute Gasteiger partial charge is 0.0817 e. The molecular weight excluding hydrogens is 128 g/mol. The Morgan fingerprint density at radius 1 is 1.60 bits per heavy atom. The third kappa shape index (κ3) is 2.12. The first-order valence-electron chi connectivity index (χ1n) is 3.36. The summed E-state index contributed by atoms with van der Waals surface area (Å²) >= 11 is 0. The van der Waals surface area contributed by atoms with Gasteiger partial charge >= 0.3 is 0 Å². The van der Waals surface area contributed by atoms with E-state index in [0.29, 0.717) is 5.57 Å². The summed E-state index contributed by atoms with van der Waals surface area (Å²) in [5.41, 5.74) is 0.227. The molecule has 0 aromatic heterocycles. The molecule has 10 heavy (non-hydrogen) atoms. The van der Waals surface area contributed by atoms with Crippen LogP contribution in [0.2, 0.25) is 0 Å². The average Bonchev–Trinajstić information content (AvgIpc) is 1.86.